The van der Waals surface area contributed by atoms with Gasteiger partial charge in [0.15, 0.2) is 0 Å². The molecule has 0 N–H and O–H groups in total. The van der Waals surface area contributed by atoms with Crippen molar-refractivity contribution >= 4 is 17.7 Å². The van der Waals surface area contributed by atoms with E-state index in [4.69, 9.17) is 0 Å². The van der Waals surface area contributed by atoms with Crippen molar-refractivity contribution in [2.75, 3.05) is 0 Å². The zero-order chi connectivity index (χ0) is 7.70. The van der Waals surface area contributed by atoms with Crippen LogP contribution in [0.3, 0.4) is 0 Å². The van der Waals surface area contributed by atoms with Crippen LogP contribution in [0.15, 0.2) is 12.2 Å². The van der Waals surface area contributed by atoms with E-state index in [2.05, 4.69) is 26.5 Å². The summed E-state index contributed by atoms with van der Waals surface area (Å²) in [6, 6.07) is 0. The molecule has 0 radical (unpaired) electrons. The van der Waals surface area contributed by atoms with Crippen LogP contribution in [0.1, 0.15) is 27.2 Å². The van der Waals surface area contributed by atoms with Crippen molar-refractivity contribution in [3.05, 3.63) is 12.2 Å². The topological polar surface area (TPSA) is 17.1 Å². The summed E-state index contributed by atoms with van der Waals surface area (Å²) < 4.78 is 0. The third-order valence-electron chi connectivity index (χ3n) is 0.309. The Hall–Kier alpha value is -0.240. The van der Waals surface area contributed by atoms with E-state index >= 15 is 0 Å². The predicted molar refractivity (Wildman–Crippen MR) is 44.8 cm³/mol. The van der Waals surface area contributed by atoms with Crippen molar-refractivity contribution in [3.8, 4) is 0 Å². The highest BCUT2D eigenvalue weighted by atomic mass is 32.1. The molecule has 0 spiro atoms. The summed E-state index contributed by atoms with van der Waals surface area (Å²) in [6.07, 6.45) is 4.29. The predicted octanol–water partition coefficient (Wildman–Crippen LogP) is 2.44. The molecule has 0 bridgehead atoms. The molecular weight excluding hydrogens is 132 g/mol. The second-order valence-electron chi connectivity index (χ2n) is 1.55. The lowest BCUT2D eigenvalue weighted by atomic mass is 10.6. The van der Waals surface area contributed by atoms with Crippen LogP contribution in [-0.4, -0.2) is 5.12 Å². The Kier molecular flexibility index (Phi) is 13.7. The molecule has 0 heterocycles. The van der Waals surface area contributed by atoms with E-state index in [0.29, 0.717) is 0 Å². The molecule has 1 nitrogen and oxygen atoms in total. The molecule has 0 aromatic heterocycles. The molecule has 0 saturated heterocycles. The summed E-state index contributed by atoms with van der Waals surface area (Å²) in [5, 5.41) is -0.197. The molecule has 0 unspecified atom stereocenters. The molecular formula is C7H14OS. The zero-order valence-corrected chi connectivity index (χ0v) is 7.11. The standard InChI is InChI=1S/C4H6OS.C3H8/c1-2-3-4(5)6;1-3-2/h2-3H,1H3,(H,5,6);3H2,1-2H3. The highest BCUT2D eigenvalue weighted by Crippen LogP contribution is 1.77. The molecule has 0 aromatic rings. The lowest BCUT2D eigenvalue weighted by molar-refractivity contribution is -0.106. The Morgan fingerprint density at radius 2 is 1.89 bits per heavy atom. The van der Waals surface area contributed by atoms with Crippen molar-refractivity contribution in [2.24, 2.45) is 0 Å². The Morgan fingerprint density at radius 1 is 1.56 bits per heavy atom. The Bertz CT molecular complexity index is 86.9. The van der Waals surface area contributed by atoms with E-state index in [0.717, 1.165) is 0 Å². The van der Waals surface area contributed by atoms with Crippen molar-refractivity contribution in [3.63, 3.8) is 0 Å². The molecule has 0 aromatic carbocycles. The van der Waals surface area contributed by atoms with Gasteiger partial charge in [-0.25, -0.2) is 0 Å². The van der Waals surface area contributed by atoms with E-state index in [1.54, 1.807) is 13.0 Å². The maximum Gasteiger partial charge on any atom is 0.208 e. The van der Waals surface area contributed by atoms with Gasteiger partial charge in [-0.3, -0.25) is 4.79 Å². The molecule has 0 aliphatic heterocycles. The first-order valence-corrected chi connectivity index (χ1v) is 3.49. The molecule has 0 saturated carbocycles. The van der Waals surface area contributed by atoms with Gasteiger partial charge in [0, 0.05) is 0 Å². The number of thiol groups is 1. The number of carbonyl (C=O) groups is 1. The van der Waals surface area contributed by atoms with Gasteiger partial charge in [0.1, 0.15) is 0 Å². The average molecular weight is 146 g/mol. The van der Waals surface area contributed by atoms with Gasteiger partial charge in [0.2, 0.25) is 5.12 Å². The summed E-state index contributed by atoms with van der Waals surface area (Å²) in [6.45, 7) is 6.02. The molecule has 0 atom stereocenters. The molecule has 54 valence electrons. The minimum absolute atomic E-state index is 0.197. The van der Waals surface area contributed by atoms with Crippen LogP contribution < -0.4 is 0 Å². The summed E-state index contributed by atoms with van der Waals surface area (Å²) in [5.41, 5.74) is 0. The first-order valence-electron chi connectivity index (χ1n) is 3.04. The summed E-state index contributed by atoms with van der Waals surface area (Å²) >= 11 is 3.45. The van der Waals surface area contributed by atoms with Gasteiger partial charge in [-0.15, -0.1) is 12.6 Å². The molecule has 9 heavy (non-hydrogen) atoms. The molecule has 2 heteroatoms. The van der Waals surface area contributed by atoms with Crippen LogP contribution in [0.4, 0.5) is 0 Å². The maximum atomic E-state index is 9.82. The lowest BCUT2D eigenvalue weighted by Gasteiger charge is -1.67. The third kappa shape index (κ3) is 33.8. The van der Waals surface area contributed by atoms with E-state index in [1.807, 2.05) is 0 Å². The van der Waals surface area contributed by atoms with Gasteiger partial charge in [0.25, 0.3) is 0 Å². The van der Waals surface area contributed by atoms with E-state index in [1.165, 1.54) is 12.5 Å². The van der Waals surface area contributed by atoms with Crippen LogP contribution in [0, 0.1) is 0 Å². The zero-order valence-electron chi connectivity index (χ0n) is 6.22. The van der Waals surface area contributed by atoms with Crippen LogP contribution in [0.5, 0.6) is 0 Å². The van der Waals surface area contributed by atoms with Gasteiger partial charge in [-0.1, -0.05) is 26.3 Å². The number of hydrogen-bond acceptors (Lipinski definition) is 1. The molecule has 0 aliphatic carbocycles. The van der Waals surface area contributed by atoms with Crippen molar-refractivity contribution in [1.29, 1.82) is 0 Å². The Balaban J connectivity index is 0. The highest BCUT2D eigenvalue weighted by molar-refractivity contribution is 7.97. The van der Waals surface area contributed by atoms with Gasteiger partial charge < -0.3 is 0 Å². The molecule has 0 rings (SSSR count). The van der Waals surface area contributed by atoms with Crippen LogP contribution >= 0.6 is 12.6 Å². The molecule has 0 fully saturated rings. The van der Waals surface area contributed by atoms with E-state index in [9.17, 15) is 4.79 Å². The monoisotopic (exact) mass is 146 g/mol. The second-order valence-corrected chi connectivity index (χ2v) is 1.99. The van der Waals surface area contributed by atoms with Crippen molar-refractivity contribution < 1.29 is 4.79 Å². The number of carbonyl (C=O) groups excluding carboxylic acids is 1. The number of hydrogen-bond donors (Lipinski definition) is 1. The fraction of sp³-hybridized carbons (Fsp3) is 0.571. The summed E-state index contributed by atoms with van der Waals surface area (Å²) in [5.74, 6) is 0. The fourth-order valence-corrected chi connectivity index (χ4v) is 0.292. The third-order valence-corrected chi connectivity index (χ3v) is 0.458. The van der Waals surface area contributed by atoms with Gasteiger partial charge >= 0.3 is 0 Å². The SMILES string of the molecule is CC=CC(=O)S.CCC. The van der Waals surface area contributed by atoms with Gasteiger partial charge in [-0.2, -0.15) is 0 Å². The maximum absolute atomic E-state index is 9.82. The Labute approximate surface area is 62.6 Å². The van der Waals surface area contributed by atoms with Gasteiger partial charge in [-0.05, 0) is 13.0 Å². The van der Waals surface area contributed by atoms with Crippen molar-refractivity contribution in [1.82, 2.24) is 0 Å². The lowest BCUT2D eigenvalue weighted by Crippen LogP contribution is -1.70. The summed E-state index contributed by atoms with van der Waals surface area (Å²) in [7, 11) is 0. The largest absolute Gasteiger partial charge is 0.283 e. The molecule has 0 amide bonds. The Morgan fingerprint density at radius 3 is 1.89 bits per heavy atom. The van der Waals surface area contributed by atoms with Crippen molar-refractivity contribution in [2.45, 2.75) is 27.2 Å². The van der Waals surface area contributed by atoms with Crippen LogP contribution in [0.2, 0.25) is 0 Å². The minimum Gasteiger partial charge on any atom is -0.283 e. The number of rotatable bonds is 1. The fourth-order valence-electron chi connectivity index (χ4n) is 0.143. The quantitative estimate of drug-likeness (QED) is 0.444. The van der Waals surface area contributed by atoms with E-state index < -0.39 is 0 Å². The average Bonchev–Trinajstić information content (AvgIpc) is 1.67. The normalized spacial score (nSPS) is 8.44. The minimum atomic E-state index is -0.197. The first-order chi connectivity index (χ1) is 4.18. The second kappa shape index (κ2) is 10.7. The first kappa shape index (κ1) is 11.5. The van der Waals surface area contributed by atoms with Crippen LogP contribution in [0.25, 0.3) is 0 Å². The van der Waals surface area contributed by atoms with Crippen LogP contribution in [-0.2, 0) is 4.79 Å². The summed E-state index contributed by atoms with van der Waals surface area (Å²) in [4.78, 5) is 9.82. The highest BCUT2D eigenvalue weighted by Gasteiger charge is 1.74. The molecule has 0 aliphatic rings. The van der Waals surface area contributed by atoms with Gasteiger partial charge in [0.05, 0.1) is 0 Å². The smallest absolute Gasteiger partial charge is 0.208 e. The van der Waals surface area contributed by atoms with E-state index in [-0.39, 0.29) is 5.12 Å². The number of allylic oxidation sites excluding steroid dienone is 1.